The molecule has 3 aliphatic carbocycles. The molecule has 0 aromatic rings. The van der Waals surface area contributed by atoms with E-state index in [1.165, 1.54) is 32.1 Å². The van der Waals surface area contributed by atoms with E-state index in [1.807, 2.05) is 0 Å². The van der Waals surface area contributed by atoms with Crippen LogP contribution in [0.25, 0.3) is 0 Å². The third-order valence-electron chi connectivity index (χ3n) is 4.93. The summed E-state index contributed by atoms with van der Waals surface area (Å²) in [6.07, 6.45) is 8.67. The molecule has 3 N–H and O–H groups in total. The van der Waals surface area contributed by atoms with E-state index in [2.05, 4.69) is 5.32 Å². The molecule has 3 rings (SSSR count). The molecule has 0 saturated heterocycles. The molecule has 3 heteroatoms. The van der Waals surface area contributed by atoms with Crippen molar-refractivity contribution in [2.24, 2.45) is 23.5 Å². The fourth-order valence-corrected chi connectivity index (χ4v) is 3.64. The van der Waals surface area contributed by atoms with Crippen LogP contribution in [0.3, 0.4) is 0 Å². The highest BCUT2D eigenvalue weighted by Crippen LogP contribution is 2.49. The van der Waals surface area contributed by atoms with Crippen LogP contribution in [0.5, 0.6) is 0 Å². The van der Waals surface area contributed by atoms with Crippen LogP contribution in [-0.2, 0) is 4.79 Å². The SMILES string of the molecule is NC1(C(=O)NCCC2CC3CCC2C3)CC1. The van der Waals surface area contributed by atoms with Gasteiger partial charge in [-0.25, -0.2) is 0 Å². The summed E-state index contributed by atoms with van der Waals surface area (Å²) < 4.78 is 0. The predicted octanol–water partition coefficient (Wildman–Crippen LogP) is 1.42. The Morgan fingerprint density at radius 3 is 2.69 bits per heavy atom. The molecule has 0 aromatic heterocycles. The smallest absolute Gasteiger partial charge is 0.240 e. The Bertz CT molecular complexity index is 298. The zero-order chi connectivity index (χ0) is 11.2. The molecule has 3 fully saturated rings. The lowest BCUT2D eigenvalue weighted by atomic mass is 9.86. The number of nitrogens with two attached hydrogens (primary N) is 1. The van der Waals surface area contributed by atoms with E-state index in [1.54, 1.807) is 0 Å². The molecule has 3 saturated carbocycles. The maximum Gasteiger partial charge on any atom is 0.240 e. The normalized spacial score (nSPS) is 38.7. The first-order chi connectivity index (χ1) is 7.67. The monoisotopic (exact) mass is 222 g/mol. The molecule has 0 aliphatic heterocycles. The Labute approximate surface area is 97.2 Å². The molecule has 3 unspecified atom stereocenters. The quantitative estimate of drug-likeness (QED) is 0.756. The lowest BCUT2D eigenvalue weighted by Gasteiger charge is -2.21. The van der Waals surface area contributed by atoms with Gasteiger partial charge in [0.1, 0.15) is 0 Å². The second-order valence-corrected chi connectivity index (χ2v) is 6.14. The van der Waals surface area contributed by atoms with Gasteiger partial charge in [0, 0.05) is 6.54 Å². The van der Waals surface area contributed by atoms with Crippen molar-refractivity contribution in [2.45, 2.75) is 50.5 Å². The van der Waals surface area contributed by atoms with Crippen LogP contribution in [0, 0.1) is 17.8 Å². The summed E-state index contributed by atoms with van der Waals surface area (Å²) >= 11 is 0. The van der Waals surface area contributed by atoms with Gasteiger partial charge < -0.3 is 11.1 Å². The van der Waals surface area contributed by atoms with Crippen LogP contribution in [0.4, 0.5) is 0 Å². The molecule has 3 aliphatic rings. The maximum atomic E-state index is 11.6. The molecule has 0 aromatic carbocycles. The topological polar surface area (TPSA) is 55.1 Å². The Morgan fingerprint density at radius 2 is 2.12 bits per heavy atom. The molecule has 0 spiro atoms. The van der Waals surface area contributed by atoms with Gasteiger partial charge in [0.15, 0.2) is 0 Å². The Hall–Kier alpha value is -0.570. The molecule has 3 atom stereocenters. The van der Waals surface area contributed by atoms with Crippen molar-refractivity contribution in [2.75, 3.05) is 6.54 Å². The minimum absolute atomic E-state index is 0.0793. The number of amides is 1. The third-order valence-corrected chi connectivity index (χ3v) is 4.93. The van der Waals surface area contributed by atoms with Crippen LogP contribution in [0.15, 0.2) is 0 Å². The standard InChI is InChI=1S/C13H22N2O/c14-13(4-5-13)12(16)15-6-3-11-8-9-1-2-10(11)7-9/h9-11H,1-8,14H2,(H,15,16). The summed E-state index contributed by atoms with van der Waals surface area (Å²) in [7, 11) is 0. The number of nitrogens with one attached hydrogen (secondary N) is 1. The number of fused-ring (bicyclic) bond motifs is 2. The van der Waals surface area contributed by atoms with Gasteiger partial charge >= 0.3 is 0 Å². The summed E-state index contributed by atoms with van der Waals surface area (Å²) in [5.41, 5.74) is 5.34. The van der Waals surface area contributed by atoms with E-state index in [0.717, 1.165) is 37.1 Å². The van der Waals surface area contributed by atoms with Crippen LogP contribution >= 0.6 is 0 Å². The van der Waals surface area contributed by atoms with E-state index < -0.39 is 5.54 Å². The first kappa shape index (κ1) is 10.6. The molecule has 16 heavy (non-hydrogen) atoms. The van der Waals surface area contributed by atoms with Gasteiger partial charge in [-0.3, -0.25) is 4.79 Å². The summed E-state index contributed by atoms with van der Waals surface area (Å²) in [6.45, 7) is 0.839. The van der Waals surface area contributed by atoms with Gasteiger partial charge in [0.2, 0.25) is 5.91 Å². The predicted molar refractivity (Wildman–Crippen MR) is 62.7 cm³/mol. The average molecular weight is 222 g/mol. The number of rotatable bonds is 4. The van der Waals surface area contributed by atoms with E-state index in [4.69, 9.17) is 5.73 Å². The largest absolute Gasteiger partial charge is 0.354 e. The summed E-state index contributed by atoms with van der Waals surface area (Å²) in [4.78, 5) is 11.6. The zero-order valence-corrected chi connectivity index (χ0v) is 9.87. The van der Waals surface area contributed by atoms with Crippen molar-refractivity contribution < 1.29 is 4.79 Å². The van der Waals surface area contributed by atoms with Crippen LogP contribution in [-0.4, -0.2) is 18.0 Å². The van der Waals surface area contributed by atoms with Crippen molar-refractivity contribution in [1.82, 2.24) is 5.32 Å². The van der Waals surface area contributed by atoms with E-state index >= 15 is 0 Å². The molecular formula is C13H22N2O. The van der Waals surface area contributed by atoms with Crippen LogP contribution < -0.4 is 11.1 Å². The van der Waals surface area contributed by atoms with Crippen molar-refractivity contribution in [3.05, 3.63) is 0 Å². The lowest BCUT2D eigenvalue weighted by molar-refractivity contribution is -0.123. The van der Waals surface area contributed by atoms with Crippen molar-refractivity contribution >= 4 is 5.91 Å². The Morgan fingerprint density at radius 1 is 1.31 bits per heavy atom. The van der Waals surface area contributed by atoms with Gasteiger partial charge in [-0.15, -0.1) is 0 Å². The first-order valence-electron chi connectivity index (χ1n) is 6.74. The van der Waals surface area contributed by atoms with E-state index in [0.29, 0.717) is 0 Å². The average Bonchev–Trinajstić information content (AvgIpc) is 2.76. The molecular weight excluding hydrogens is 200 g/mol. The lowest BCUT2D eigenvalue weighted by Crippen LogP contribution is -2.43. The summed E-state index contributed by atoms with van der Waals surface area (Å²) in [6, 6.07) is 0. The summed E-state index contributed by atoms with van der Waals surface area (Å²) in [5.74, 6) is 2.94. The fourth-order valence-electron chi connectivity index (χ4n) is 3.64. The minimum atomic E-state index is -0.491. The van der Waals surface area contributed by atoms with Crippen molar-refractivity contribution in [3.8, 4) is 0 Å². The van der Waals surface area contributed by atoms with Crippen molar-refractivity contribution in [3.63, 3.8) is 0 Å². The van der Waals surface area contributed by atoms with Gasteiger partial charge in [0.05, 0.1) is 5.54 Å². The first-order valence-corrected chi connectivity index (χ1v) is 6.74. The maximum absolute atomic E-state index is 11.6. The number of carbonyl (C=O) groups is 1. The molecule has 0 radical (unpaired) electrons. The van der Waals surface area contributed by atoms with Gasteiger partial charge in [-0.2, -0.15) is 0 Å². The highest BCUT2D eigenvalue weighted by Gasteiger charge is 2.46. The fraction of sp³-hybridized carbons (Fsp3) is 0.923. The highest BCUT2D eigenvalue weighted by atomic mass is 16.2. The molecule has 0 heterocycles. The molecule has 2 bridgehead atoms. The second kappa shape index (κ2) is 3.73. The van der Waals surface area contributed by atoms with E-state index in [9.17, 15) is 4.79 Å². The van der Waals surface area contributed by atoms with Crippen molar-refractivity contribution in [1.29, 1.82) is 0 Å². The van der Waals surface area contributed by atoms with Crippen LogP contribution in [0.1, 0.15) is 44.9 Å². The third kappa shape index (κ3) is 1.86. The summed E-state index contributed by atoms with van der Waals surface area (Å²) in [5, 5.41) is 3.01. The zero-order valence-electron chi connectivity index (χ0n) is 9.87. The number of hydrogen-bond acceptors (Lipinski definition) is 2. The number of hydrogen-bond donors (Lipinski definition) is 2. The van der Waals surface area contributed by atoms with E-state index in [-0.39, 0.29) is 5.91 Å². The number of carbonyl (C=O) groups excluding carboxylic acids is 1. The highest BCUT2D eigenvalue weighted by molar-refractivity contribution is 5.88. The molecule has 90 valence electrons. The molecule has 1 amide bonds. The minimum Gasteiger partial charge on any atom is -0.354 e. The van der Waals surface area contributed by atoms with Gasteiger partial charge in [-0.1, -0.05) is 6.42 Å². The Balaban J connectivity index is 1.39. The molecule has 3 nitrogen and oxygen atoms in total. The van der Waals surface area contributed by atoms with Crippen LogP contribution in [0.2, 0.25) is 0 Å². The second-order valence-electron chi connectivity index (χ2n) is 6.14. The van der Waals surface area contributed by atoms with Gasteiger partial charge in [-0.05, 0) is 56.3 Å². The van der Waals surface area contributed by atoms with Gasteiger partial charge in [0.25, 0.3) is 0 Å². The Kier molecular flexibility index (Phi) is 2.46.